The van der Waals surface area contributed by atoms with Crippen LogP contribution in [0.1, 0.15) is 37.1 Å². The fraction of sp³-hybridized carbons (Fsp3) is 0.292. The Kier molecular flexibility index (Phi) is 5.58. The van der Waals surface area contributed by atoms with Gasteiger partial charge in [-0.05, 0) is 37.3 Å². The smallest absolute Gasteiger partial charge is 0.328 e. The number of imidazole rings is 1. The highest BCUT2D eigenvalue weighted by molar-refractivity contribution is 6.32. The van der Waals surface area contributed by atoms with Gasteiger partial charge in [0.05, 0.1) is 28.0 Å². The van der Waals surface area contributed by atoms with Gasteiger partial charge in [-0.3, -0.25) is 4.40 Å². The lowest BCUT2D eigenvalue weighted by atomic mass is 9.80. The molecular formula is C24H22ClF3N6. The standard InChI is InChI=1S/C24H22ClF3N6/c25-18-11-32-22(23(30)8-6-16(29)7-9-23)33-20(18)19-12-31-21-17(14-4-2-1-3-5-14)10-15(13-34(19)21)24(26,27)28/h1-5,10-13,16H,6-9,29-30H2. The van der Waals surface area contributed by atoms with Gasteiger partial charge < -0.3 is 11.5 Å². The topological polar surface area (TPSA) is 95.1 Å². The fourth-order valence-electron chi connectivity index (χ4n) is 4.41. The lowest BCUT2D eigenvalue weighted by Gasteiger charge is -2.34. The molecule has 1 aromatic carbocycles. The maximum atomic E-state index is 13.8. The second-order valence-corrected chi connectivity index (χ2v) is 9.13. The largest absolute Gasteiger partial charge is 0.417 e. The Morgan fingerprint density at radius 2 is 1.76 bits per heavy atom. The van der Waals surface area contributed by atoms with E-state index in [0.717, 1.165) is 25.1 Å². The van der Waals surface area contributed by atoms with Crippen molar-refractivity contribution in [3.8, 4) is 22.5 Å². The zero-order chi connectivity index (χ0) is 24.1. The fourth-order valence-corrected chi connectivity index (χ4v) is 4.60. The molecule has 1 aliphatic rings. The van der Waals surface area contributed by atoms with Crippen LogP contribution in [-0.2, 0) is 11.7 Å². The van der Waals surface area contributed by atoms with Gasteiger partial charge in [0.15, 0.2) is 0 Å². The lowest BCUT2D eigenvalue weighted by molar-refractivity contribution is -0.137. The van der Waals surface area contributed by atoms with Gasteiger partial charge in [0.1, 0.15) is 17.2 Å². The molecule has 10 heteroatoms. The third-order valence-electron chi connectivity index (χ3n) is 6.37. The molecule has 1 saturated carbocycles. The van der Waals surface area contributed by atoms with E-state index in [9.17, 15) is 13.2 Å². The molecule has 4 N–H and O–H groups in total. The molecule has 3 aromatic heterocycles. The van der Waals surface area contributed by atoms with Crippen LogP contribution >= 0.6 is 11.6 Å². The van der Waals surface area contributed by atoms with Crippen LogP contribution in [-0.4, -0.2) is 25.4 Å². The van der Waals surface area contributed by atoms with Crippen molar-refractivity contribution in [2.24, 2.45) is 11.5 Å². The highest BCUT2D eigenvalue weighted by Crippen LogP contribution is 2.38. The summed E-state index contributed by atoms with van der Waals surface area (Å²) in [6, 6.07) is 10.0. The van der Waals surface area contributed by atoms with E-state index >= 15 is 0 Å². The van der Waals surface area contributed by atoms with Gasteiger partial charge >= 0.3 is 6.18 Å². The molecule has 1 fully saturated rings. The number of alkyl halides is 3. The molecule has 0 aliphatic heterocycles. The number of halogens is 4. The van der Waals surface area contributed by atoms with E-state index < -0.39 is 17.3 Å². The number of nitrogens with zero attached hydrogens (tertiary/aromatic N) is 4. The monoisotopic (exact) mass is 486 g/mol. The van der Waals surface area contributed by atoms with Gasteiger partial charge in [0.2, 0.25) is 0 Å². The Hall–Kier alpha value is -3.01. The number of hydrogen-bond donors (Lipinski definition) is 2. The molecule has 1 aliphatic carbocycles. The molecule has 0 atom stereocenters. The summed E-state index contributed by atoms with van der Waals surface area (Å²) in [5.41, 5.74) is 13.0. The van der Waals surface area contributed by atoms with Gasteiger partial charge in [-0.25, -0.2) is 15.0 Å². The van der Waals surface area contributed by atoms with E-state index in [4.69, 9.17) is 23.1 Å². The Balaban J connectivity index is 1.70. The first-order valence-corrected chi connectivity index (χ1v) is 11.2. The molecule has 0 unspecified atom stereocenters. The highest BCUT2D eigenvalue weighted by atomic mass is 35.5. The minimum absolute atomic E-state index is 0.0828. The van der Waals surface area contributed by atoms with Crippen molar-refractivity contribution in [3.63, 3.8) is 0 Å². The number of rotatable bonds is 3. The summed E-state index contributed by atoms with van der Waals surface area (Å²) in [4.78, 5) is 13.4. The summed E-state index contributed by atoms with van der Waals surface area (Å²) in [6.45, 7) is 0. The third kappa shape index (κ3) is 4.04. The molecule has 0 saturated heterocycles. The van der Waals surface area contributed by atoms with E-state index in [2.05, 4.69) is 15.0 Å². The van der Waals surface area contributed by atoms with E-state index in [-0.39, 0.29) is 16.8 Å². The van der Waals surface area contributed by atoms with Crippen molar-refractivity contribution in [1.82, 2.24) is 19.4 Å². The van der Waals surface area contributed by atoms with Crippen LogP contribution in [0.25, 0.3) is 28.2 Å². The second-order valence-electron chi connectivity index (χ2n) is 8.73. The normalized spacial score (nSPS) is 21.2. The predicted molar refractivity (Wildman–Crippen MR) is 124 cm³/mol. The summed E-state index contributed by atoms with van der Waals surface area (Å²) >= 11 is 6.43. The quantitative estimate of drug-likeness (QED) is 0.415. The first-order chi connectivity index (χ1) is 16.2. The van der Waals surface area contributed by atoms with Gasteiger partial charge in [-0.1, -0.05) is 41.9 Å². The van der Waals surface area contributed by atoms with Crippen LogP contribution in [0.3, 0.4) is 0 Å². The molecule has 6 nitrogen and oxygen atoms in total. The minimum Gasteiger partial charge on any atom is -0.328 e. The molecule has 5 rings (SSSR count). The first kappa shape index (κ1) is 22.8. The van der Waals surface area contributed by atoms with Gasteiger partial charge in [0, 0.05) is 24.0 Å². The van der Waals surface area contributed by atoms with Crippen molar-refractivity contribution in [1.29, 1.82) is 0 Å². The highest BCUT2D eigenvalue weighted by Gasteiger charge is 2.36. The van der Waals surface area contributed by atoms with Crippen LogP contribution < -0.4 is 11.5 Å². The van der Waals surface area contributed by atoms with Crippen LogP contribution in [0.4, 0.5) is 13.2 Å². The van der Waals surface area contributed by atoms with E-state index in [0.29, 0.717) is 41.1 Å². The van der Waals surface area contributed by atoms with Crippen LogP contribution in [0, 0.1) is 0 Å². The molecule has 0 amide bonds. The van der Waals surface area contributed by atoms with Crippen LogP contribution in [0.15, 0.2) is 55.0 Å². The summed E-state index contributed by atoms with van der Waals surface area (Å²) in [5, 5.41) is 0.195. The molecule has 0 spiro atoms. The van der Waals surface area contributed by atoms with Crippen molar-refractivity contribution < 1.29 is 13.2 Å². The number of nitrogens with two attached hydrogens (primary N) is 2. The van der Waals surface area contributed by atoms with Crippen molar-refractivity contribution in [3.05, 3.63) is 71.4 Å². The average molecular weight is 487 g/mol. The Morgan fingerprint density at radius 3 is 2.44 bits per heavy atom. The second kappa shape index (κ2) is 8.33. The van der Waals surface area contributed by atoms with E-state index in [1.165, 1.54) is 16.8 Å². The molecular weight excluding hydrogens is 465 g/mol. The molecule has 4 aromatic rings. The van der Waals surface area contributed by atoms with E-state index in [1.54, 1.807) is 30.3 Å². The van der Waals surface area contributed by atoms with E-state index in [1.807, 2.05) is 0 Å². The summed E-state index contributed by atoms with van der Waals surface area (Å²) in [5.74, 6) is 0.393. The number of hydrogen-bond acceptors (Lipinski definition) is 5. The number of pyridine rings is 1. The van der Waals surface area contributed by atoms with Crippen LogP contribution in [0.2, 0.25) is 5.02 Å². The predicted octanol–water partition coefficient (Wildman–Crippen LogP) is 5.19. The zero-order valence-corrected chi connectivity index (χ0v) is 18.8. The van der Waals surface area contributed by atoms with Crippen molar-refractivity contribution in [2.75, 3.05) is 0 Å². The van der Waals surface area contributed by atoms with Crippen LogP contribution in [0.5, 0.6) is 0 Å². The maximum Gasteiger partial charge on any atom is 0.417 e. The van der Waals surface area contributed by atoms with Crippen molar-refractivity contribution in [2.45, 2.75) is 43.4 Å². The summed E-state index contributed by atoms with van der Waals surface area (Å²) < 4.78 is 42.8. The van der Waals surface area contributed by atoms with Gasteiger partial charge in [-0.2, -0.15) is 13.2 Å². The molecule has 0 bridgehead atoms. The number of aromatic nitrogens is 4. The lowest BCUT2D eigenvalue weighted by Crippen LogP contribution is -2.45. The molecule has 3 heterocycles. The Bertz CT molecular complexity index is 1340. The van der Waals surface area contributed by atoms with Crippen molar-refractivity contribution >= 4 is 17.2 Å². The molecule has 34 heavy (non-hydrogen) atoms. The first-order valence-electron chi connectivity index (χ1n) is 10.9. The number of fused-ring (bicyclic) bond motifs is 1. The maximum absolute atomic E-state index is 13.8. The minimum atomic E-state index is -4.55. The molecule has 176 valence electrons. The summed E-state index contributed by atoms with van der Waals surface area (Å²) in [6.07, 6.45) is 2.07. The van der Waals surface area contributed by atoms with Gasteiger partial charge in [0.25, 0.3) is 0 Å². The Labute approximate surface area is 198 Å². The number of benzene rings is 1. The average Bonchev–Trinajstić information content (AvgIpc) is 3.25. The third-order valence-corrected chi connectivity index (χ3v) is 6.65. The molecule has 0 radical (unpaired) electrons. The SMILES string of the molecule is NC1CCC(N)(c2ncc(Cl)c(-c3cnc4c(-c5ccccc5)cc(C(F)(F)F)cn34)n2)CC1. The zero-order valence-electron chi connectivity index (χ0n) is 18.1. The van der Waals surface area contributed by atoms with Gasteiger partial charge in [-0.15, -0.1) is 0 Å². The Morgan fingerprint density at radius 1 is 1.06 bits per heavy atom. The summed E-state index contributed by atoms with van der Waals surface area (Å²) in [7, 11) is 0.